The van der Waals surface area contributed by atoms with Crippen LogP contribution in [-0.2, 0) is 4.79 Å². The van der Waals surface area contributed by atoms with Crippen molar-refractivity contribution in [3.8, 4) is 11.6 Å². The van der Waals surface area contributed by atoms with Crippen LogP contribution in [0.25, 0.3) is 16.7 Å². The molecule has 0 radical (unpaired) electrons. The Morgan fingerprint density at radius 2 is 1.74 bits per heavy atom. The minimum atomic E-state index is -0.0107. The Labute approximate surface area is 206 Å². The van der Waals surface area contributed by atoms with Crippen LogP contribution in [0.15, 0.2) is 48.8 Å². The van der Waals surface area contributed by atoms with Crippen molar-refractivity contribution in [1.82, 2.24) is 19.4 Å². The van der Waals surface area contributed by atoms with Gasteiger partial charge in [0.05, 0.1) is 11.7 Å². The standard InChI is InChI=1S/C28H34N4O3/c1-30(2)27(33)22-8-10-25-21(18-22)12-17-32(25)26-11-9-24(19-29-26)35-23-13-15-31(16-14-23)28(34)20-6-4-3-5-7-20/h8-12,17-20,23H,3-7,13-16H2,1-2H3. The Balaban J connectivity index is 1.19. The van der Waals surface area contributed by atoms with Crippen molar-refractivity contribution in [2.24, 2.45) is 5.92 Å². The molecule has 3 heterocycles. The number of carbonyl (C=O) groups is 2. The average molecular weight is 475 g/mol. The maximum atomic E-state index is 12.8. The van der Waals surface area contributed by atoms with E-state index in [1.807, 2.05) is 52.1 Å². The van der Waals surface area contributed by atoms with Gasteiger partial charge in [-0.2, -0.15) is 0 Å². The van der Waals surface area contributed by atoms with E-state index in [1.54, 1.807) is 25.2 Å². The largest absolute Gasteiger partial charge is 0.489 e. The van der Waals surface area contributed by atoms with Gasteiger partial charge in [0.2, 0.25) is 5.91 Å². The van der Waals surface area contributed by atoms with Crippen LogP contribution in [0.4, 0.5) is 0 Å². The zero-order valence-electron chi connectivity index (χ0n) is 20.7. The summed E-state index contributed by atoms with van der Waals surface area (Å²) in [5.41, 5.74) is 1.67. The van der Waals surface area contributed by atoms with Crippen LogP contribution in [0.5, 0.6) is 5.75 Å². The Morgan fingerprint density at radius 3 is 2.43 bits per heavy atom. The number of hydrogen-bond donors (Lipinski definition) is 0. The summed E-state index contributed by atoms with van der Waals surface area (Å²) in [5.74, 6) is 2.13. The number of pyridine rings is 1. The van der Waals surface area contributed by atoms with E-state index in [9.17, 15) is 9.59 Å². The second-order valence-corrected chi connectivity index (χ2v) is 9.99. The molecule has 0 bridgehead atoms. The summed E-state index contributed by atoms with van der Waals surface area (Å²) < 4.78 is 8.21. The molecule has 2 amide bonds. The molecule has 0 N–H and O–H groups in total. The zero-order chi connectivity index (χ0) is 24.4. The summed E-state index contributed by atoms with van der Waals surface area (Å²) in [5, 5.41) is 0.995. The van der Waals surface area contributed by atoms with Crippen molar-refractivity contribution in [3.05, 3.63) is 54.4 Å². The highest BCUT2D eigenvalue weighted by Crippen LogP contribution is 2.28. The number of rotatable bonds is 5. The van der Waals surface area contributed by atoms with Gasteiger partial charge < -0.3 is 19.1 Å². The second-order valence-electron chi connectivity index (χ2n) is 9.99. The SMILES string of the molecule is CN(C)C(=O)c1ccc2c(ccn2-c2ccc(OC3CCN(C(=O)C4CCCCC4)CC3)cn2)c1. The number of carbonyl (C=O) groups excluding carboxylic acids is 2. The van der Waals surface area contributed by atoms with Gasteiger partial charge in [0, 0.05) is 63.1 Å². The number of amides is 2. The molecule has 1 saturated heterocycles. The van der Waals surface area contributed by atoms with E-state index in [-0.39, 0.29) is 17.9 Å². The number of likely N-dealkylation sites (tertiary alicyclic amines) is 1. The number of piperidine rings is 1. The maximum absolute atomic E-state index is 12.8. The van der Waals surface area contributed by atoms with Crippen molar-refractivity contribution in [3.63, 3.8) is 0 Å². The van der Waals surface area contributed by atoms with Gasteiger partial charge in [0.25, 0.3) is 5.91 Å². The highest BCUT2D eigenvalue weighted by atomic mass is 16.5. The van der Waals surface area contributed by atoms with Crippen molar-refractivity contribution < 1.29 is 14.3 Å². The number of aromatic nitrogens is 2. The van der Waals surface area contributed by atoms with Crippen LogP contribution >= 0.6 is 0 Å². The lowest BCUT2D eigenvalue weighted by Gasteiger charge is -2.35. The zero-order valence-corrected chi connectivity index (χ0v) is 20.7. The lowest BCUT2D eigenvalue weighted by Crippen LogP contribution is -2.44. The number of hydrogen-bond acceptors (Lipinski definition) is 4. The molecule has 5 rings (SSSR count). The molecule has 0 atom stereocenters. The third-order valence-electron chi connectivity index (χ3n) is 7.32. The molecular formula is C28H34N4O3. The molecule has 2 aliphatic rings. The quantitative estimate of drug-likeness (QED) is 0.539. The summed E-state index contributed by atoms with van der Waals surface area (Å²) in [6, 6.07) is 11.6. The first-order valence-corrected chi connectivity index (χ1v) is 12.7. The topological polar surface area (TPSA) is 67.7 Å². The molecule has 1 aromatic carbocycles. The summed E-state index contributed by atoms with van der Waals surface area (Å²) >= 11 is 0. The predicted octanol–water partition coefficient (Wildman–Crippen LogP) is 4.68. The van der Waals surface area contributed by atoms with Crippen molar-refractivity contribution >= 4 is 22.7 Å². The third kappa shape index (κ3) is 5.04. The van der Waals surface area contributed by atoms with Crippen LogP contribution in [0.2, 0.25) is 0 Å². The summed E-state index contributed by atoms with van der Waals surface area (Å²) in [7, 11) is 3.51. The predicted molar refractivity (Wildman–Crippen MR) is 136 cm³/mol. The summed E-state index contributed by atoms with van der Waals surface area (Å²) in [6.45, 7) is 1.55. The average Bonchev–Trinajstić information content (AvgIpc) is 3.32. The lowest BCUT2D eigenvalue weighted by molar-refractivity contribution is -0.138. The van der Waals surface area contributed by atoms with Gasteiger partial charge in [-0.15, -0.1) is 0 Å². The molecule has 2 fully saturated rings. The minimum absolute atomic E-state index is 0.0107. The van der Waals surface area contributed by atoms with E-state index >= 15 is 0 Å². The molecular weight excluding hydrogens is 440 g/mol. The fraction of sp³-hybridized carbons (Fsp3) is 0.464. The molecule has 1 aliphatic heterocycles. The molecule has 0 unspecified atom stereocenters. The summed E-state index contributed by atoms with van der Waals surface area (Å²) in [4.78, 5) is 33.3. The number of ether oxygens (including phenoxy) is 1. The van der Waals surface area contributed by atoms with Crippen molar-refractivity contribution in [2.45, 2.75) is 51.0 Å². The van der Waals surface area contributed by atoms with E-state index < -0.39 is 0 Å². The first-order valence-electron chi connectivity index (χ1n) is 12.7. The van der Waals surface area contributed by atoms with Crippen LogP contribution in [0.1, 0.15) is 55.3 Å². The molecule has 1 saturated carbocycles. The van der Waals surface area contributed by atoms with Gasteiger partial charge in [-0.1, -0.05) is 19.3 Å². The first kappa shape index (κ1) is 23.4. The lowest BCUT2D eigenvalue weighted by atomic mass is 9.88. The van der Waals surface area contributed by atoms with Crippen molar-refractivity contribution in [1.29, 1.82) is 0 Å². The Kier molecular flexibility index (Phi) is 6.75. The number of fused-ring (bicyclic) bond motifs is 1. The van der Waals surface area contributed by atoms with Gasteiger partial charge in [0.1, 0.15) is 17.7 Å². The van der Waals surface area contributed by atoms with Gasteiger partial charge >= 0.3 is 0 Å². The van der Waals surface area contributed by atoms with Crippen molar-refractivity contribution in [2.75, 3.05) is 27.2 Å². The molecule has 184 valence electrons. The third-order valence-corrected chi connectivity index (χ3v) is 7.32. The number of nitrogens with zero attached hydrogens (tertiary/aromatic N) is 4. The highest BCUT2D eigenvalue weighted by molar-refractivity contribution is 5.98. The number of benzene rings is 1. The minimum Gasteiger partial charge on any atom is -0.489 e. The second kappa shape index (κ2) is 10.1. The molecule has 35 heavy (non-hydrogen) atoms. The van der Waals surface area contributed by atoms with Gasteiger partial charge in [-0.25, -0.2) is 4.98 Å². The Hall–Kier alpha value is -3.35. The van der Waals surface area contributed by atoms with Gasteiger partial charge in [0.15, 0.2) is 0 Å². The fourth-order valence-corrected chi connectivity index (χ4v) is 5.31. The molecule has 7 nitrogen and oxygen atoms in total. The normalized spacial score (nSPS) is 17.5. The summed E-state index contributed by atoms with van der Waals surface area (Å²) in [6.07, 6.45) is 11.3. The Morgan fingerprint density at radius 1 is 0.971 bits per heavy atom. The maximum Gasteiger partial charge on any atom is 0.253 e. The molecule has 7 heteroatoms. The smallest absolute Gasteiger partial charge is 0.253 e. The van der Waals surface area contributed by atoms with Gasteiger partial charge in [-0.05, 0) is 49.2 Å². The first-order chi connectivity index (χ1) is 17.0. The van der Waals surface area contributed by atoms with E-state index in [0.717, 1.165) is 61.2 Å². The molecule has 2 aromatic heterocycles. The van der Waals surface area contributed by atoms with Crippen LogP contribution < -0.4 is 4.74 Å². The molecule has 1 aliphatic carbocycles. The monoisotopic (exact) mass is 474 g/mol. The Bertz CT molecular complexity index is 1190. The highest BCUT2D eigenvalue weighted by Gasteiger charge is 2.29. The van der Waals surface area contributed by atoms with Crippen LogP contribution in [0, 0.1) is 5.92 Å². The van der Waals surface area contributed by atoms with E-state index in [0.29, 0.717) is 11.5 Å². The molecule has 0 spiro atoms. The molecule has 3 aromatic rings. The van der Waals surface area contributed by atoms with E-state index in [4.69, 9.17) is 4.74 Å². The van der Waals surface area contributed by atoms with E-state index in [1.165, 1.54) is 19.3 Å². The van der Waals surface area contributed by atoms with Crippen LogP contribution in [-0.4, -0.2) is 64.5 Å². The van der Waals surface area contributed by atoms with Gasteiger partial charge in [-0.3, -0.25) is 9.59 Å². The van der Waals surface area contributed by atoms with Crippen LogP contribution in [0.3, 0.4) is 0 Å². The fourth-order valence-electron chi connectivity index (χ4n) is 5.31. The van der Waals surface area contributed by atoms with E-state index in [2.05, 4.69) is 4.98 Å².